The lowest BCUT2D eigenvalue weighted by atomic mass is 10.2. The number of aliphatic imine (C=N–C) groups is 1. The average molecular weight is 397 g/mol. The lowest BCUT2D eigenvalue weighted by Gasteiger charge is -2.52. The highest BCUT2D eigenvalue weighted by molar-refractivity contribution is 5.86. The monoisotopic (exact) mass is 397 g/mol. The van der Waals surface area contributed by atoms with Gasteiger partial charge in [0.05, 0.1) is 0 Å². The Hall–Kier alpha value is -1.52. The predicted octanol–water partition coefficient (Wildman–Crippen LogP) is -1.27. The van der Waals surface area contributed by atoms with Gasteiger partial charge in [0, 0.05) is 0 Å². The molecule has 0 aliphatic carbocycles. The molecule has 0 radical (unpaired) electrons. The maximum Gasteiger partial charge on any atom is 0.406 e. The van der Waals surface area contributed by atoms with E-state index in [1.807, 2.05) is 5.32 Å². The molecule has 26 heavy (non-hydrogen) atoms. The van der Waals surface area contributed by atoms with Crippen LogP contribution in [0.4, 0.5) is 26.3 Å². The van der Waals surface area contributed by atoms with Gasteiger partial charge in [0.15, 0.2) is 12.5 Å². The van der Waals surface area contributed by atoms with Crippen molar-refractivity contribution < 1.29 is 46.1 Å². The number of alkyl halides is 6. The number of hydrogen-bond acceptors (Lipinski definition) is 9. The van der Waals surface area contributed by atoms with Gasteiger partial charge >= 0.3 is 12.4 Å². The number of nitrogens with two attached hydrogens (primary N) is 1. The first kappa shape index (κ1) is 22.5. The molecule has 152 valence electrons. The summed E-state index contributed by atoms with van der Waals surface area (Å²) in [5, 5.41) is 19.9. The van der Waals surface area contributed by atoms with Crippen molar-refractivity contribution in [2.75, 3.05) is 33.2 Å². The maximum atomic E-state index is 12.9. The molecule has 1 aliphatic rings. The SMILES string of the molecule is NC1(N(COCO)CC(F)(F)F)NC(C=O)N=C(CO)N1CC(F)(F)F. The minimum absolute atomic E-state index is 0.0842. The molecule has 0 aromatic rings. The number of amidine groups is 1. The Labute approximate surface area is 143 Å². The summed E-state index contributed by atoms with van der Waals surface area (Å²) in [7, 11) is 0. The molecule has 0 bridgehead atoms. The van der Waals surface area contributed by atoms with E-state index in [1.54, 1.807) is 0 Å². The molecule has 5 N–H and O–H groups in total. The molecule has 9 nitrogen and oxygen atoms in total. The highest BCUT2D eigenvalue weighted by atomic mass is 19.4. The van der Waals surface area contributed by atoms with Crippen LogP contribution < -0.4 is 11.1 Å². The summed E-state index contributed by atoms with van der Waals surface area (Å²) in [4.78, 5) is 14.8. The molecule has 0 aromatic carbocycles. The van der Waals surface area contributed by atoms with E-state index in [4.69, 9.17) is 10.8 Å². The van der Waals surface area contributed by atoms with Gasteiger partial charge in [-0.15, -0.1) is 0 Å². The highest BCUT2D eigenvalue weighted by Crippen LogP contribution is 2.27. The third kappa shape index (κ3) is 6.03. The number of nitrogens with one attached hydrogen (secondary N) is 1. The number of hydrogen-bond donors (Lipinski definition) is 4. The van der Waals surface area contributed by atoms with Crippen LogP contribution in [0, 0.1) is 0 Å². The van der Waals surface area contributed by atoms with Crippen LogP contribution in [0.5, 0.6) is 0 Å². The van der Waals surface area contributed by atoms with E-state index < -0.39 is 63.5 Å². The topological polar surface area (TPSA) is 124 Å². The molecular weight excluding hydrogens is 380 g/mol. The van der Waals surface area contributed by atoms with Gasteiger partial charge in [-0.05, 0) is 0 Å². The van der Waals surface area contributed by atoms with E-state index in [0.29, 0.717) is 0 Å². The fourth-order valence-corrected chi connectivity index (χ4v) is 2.23. The van der Waals surface area contributed by atoms with Crippen molar-refractivity contribution in [2.24, 2.45) is 10.7 Å². The fraction of sp³-hybridized carbons (Fsp3) is 0.818. The van der Waals surface area contributed by atoms with Gasteiger partial charge in [-0.25, -0.2) is 15.2 Å². The number of aliphatic hydroxyl groups excluding tert-OH is 2. The second-order valence-corrected chi connectivity index (χ2v) is 5.13. The Kier molecular flexibility index (Phi) is 7.32. The number of rotatable bonds is 8. The second-order valence-electron chi connectivity index (χ2n) is 5.13. The van der Waals surface area contributed by atoms with Gasteiger partial charge in [-0.3, -0.25) is 10.5 Å². The van der Waals surface area contributed by atoms with E-state index in [2.05, 4.69) is 9.73 Å². The molecule has 2 atom stereocenters. The molecular formula is C11H17F6N5O4. The largest absolute Gasteiger partial charge is 0.406 e. The number of carbonyl (C=O) groups excluding carboxylic acids is 1. The molecule has 1 rings (SSSR count). The number of halogens is 6. The number of carbonyl (C=O) groups is 1. The van der Waals surface area contributed by atoms with Crippen molar-refractivity contribution in [1.82, 2.24) is 15.1 Å². The first-order chi connectivity index (χ1) is 11.9. The zero-order valence-electron chi connectivity index (χ0n) is 13.1. The van der Waals surface area contributed by atoms with E-state index in [9.17, 15) is 36.2 Å². The van der Waals surface area contributed by atoms with Gasteiger partial charge in [0.2, 0.25) is 5.91 Å². The molecule has 0 saturated heterocycles. The van der Waals surface area contributed by atoms with Crippen LogP contribution in [0.15, 0.2) is 4.99 Å². The average Bonchev–Trinajstić information content (AvgIpc) is 2.50. The van der Waals surface area contributed by atoms with Crippen molar-refractivity contribution in [3.63, 3.8) is 0 Å². The molecule has 2 unspecified atom stereocenters. The van der Waals surface area contributed by atoms with Crippen molar-refractivity contribution >= 4 is 12.1 Å². The first-order valence-electron chi connectivity index (χ1n) is 6.90. The van der Waals surface area contributed by atoms with E-state index in [1.165, 1.54) is 0 Å². The quantitative estimate of drug-likeness (QED) is 0.227. The zero-order valence-corrected chi connectivity index (χ0v) is 13.1. The summed E-state index contributed by atoms with van der Waals surface area (Å²) in [5.41, 5.74) is 5.76. The third-order valence-corrected chi connectivity index (χ3v) is 3.17. The van der Waals surface area contributed by atoms with Crippen molar-refractivity contribution in [2.45, 2.75) is 24.4 Å². The molecule has 0 fully saturated rings. The number of ether oxygens (including phenoxy) is 1. The van der Waals surface area contributed by atoms with Crippen LogP contribution in [-0.2, 0) is 9.53 Å². The van der Waals surface area contributed by atoms with Crippen molar-refractivity contribution in [3.05, 3.63) is 0 Å². The van der Waals surface area contributed by atoms with Gasteiger partial charge in [0.25, 0.3) is 0 Å². The predicted molar refractivity (Wildman–Crippen MR) is 73.0 cm³/mol. The standard InChI is InChI=1S/C11H17F6N5O4/c12-9(13,14)3-21(5-26-6-25)11(18)20-7(1-23)19-8(2-24)22(11)4-10(15,16)17/h1,7,20,24-25H,2-6,18H2. The van der Waals surface area contributed by atoms with Crippen LogP contribution in [0.2, 0.25) is 0 Å². The summed E-state index contributed by atoms with van der Waals surface area (Å²) in [6, 6.07) is 0. The van der Waals surface area contributed by atoms with Crippen molar-refractivity contribution in [1.29, 1.82) is 0 Å². The van der Waals surface area contributed by atoms with Gasteiger partial charge < -0.3 is 19.8 Å². The third-order valence-electron chi connectivity index (χ3n) is 3.17. The highest BCUT2D eigenvalue weighted by Gasteiger charge is 2.51. The number of nitrogens with zero attached hydrogens (tertiary/aromatic N) is 3. The Morgan fingerprint density at radius 2 is 1.92 bits per heavy atom. The number of aliphatic hydroxyl groups is 2. The van der Waals surface area contributed by atoms with E-state index in [0.717, 1.165) is 0 Å². The normalized spacial score (nSPS) is 24.8. The second kappa shape index (κ2) is 8.45. The minimum Gasteiger partial charge on any atom is -0.388 e. The molecule has 15 heteroatoms. The Balaban J connectivity index is 3.37. The summed E-state index contributed by atoms with van der Waals surface area (Å²) in [6.07, 6.45) is -11.4. The molecule has 0 saturated carbocycles. The summed E-state index contributed by atoms with van der Waals surface area (Å²) >= 11 is 0. The summed E-state index contributed by atoms with van der Waals surface area (Å²) in [6.45, 7) is -6.94. The van der Waals surface area contributed by atoms with Crippen LogP contribution in [-0.4, -0.2) is 89.8 Å². The smallest absolute Gasteiger partial charge is 0.388 e. The lowest BCUT2D eigenvalue weighted by Crippen LogP contribution is -2.81. The minimum atomic E-state index is -4.93. The molecule has 1 heterocycles. The zero-order chi connectivity index (χ0) is 20.2. The van der Waals surface area contributed by atoms with Crippen LogP contribution in [0.1, 0.15) is 0 Å². The van der Waals surface area contributed by atoms with Gasteiger partial charge in [0.1, 0.15) is 39.1 Å². The number of aldehydes is 1. The summed E-state index contributed by atoms with van der Waals surface area (Å²) in [5.74, 6) is -3.51. The van der Waals surface area contributed by atoms with Crippen LogP contribution >= 0.6 is 0 Å². The van der Waals surface area contributed by atoms with Crippen molar-refractivity contribution in [3.8, 4) is 0 Å². The Morgan fingerprint density at radius 3 is 2.35 bits per heavy atom. The molecule has 0 spiro atoms. The summed E-state index contributed by atoms with van der Waals surface area (Å²) < 4.78 is 81.6. The Bertz CT molecular complexity index is 516. The van der Waals surface area contributed by atoms with Crippen LogP contribution in [0.25, 0.3) is 0 Å². The molecule has 1 aliphatic heterocycles. The molecule has 0 aromatic heterocycles. The van der Waals surface area contributed by atoms with E-state index >= 15 is 0 Å². The van der Waals surface area contributed by atoms with Crippen LogP contribution in [0.3, 0.4) is 0 Å². The molecule has 0 amide bonds. The fourth-order valence-electron chi connectivity index (χ4n) is 2.23. The Morgan fingerprint density at radius 1 is 1.31 bits per heavy atom. The lowest BCUT2D eigenvalue weighted by molar-refractivity contribution is -0.222. The van der Waals surface area contributed by atoms with Gasteiger partial charge in [-0.1, -0.05) is 0 Å². The first-order valence-corrected chi connectivity index (χ1v) is 6.90. The van der Waals surface area contributed by atoms with Gasteiger partial charge in [-0.2, -0.15) is 26.3 Å². The van der Waals surface area contributed by atoms with E-state index in [-0.39, 0.29) is 16.1 Å². The maximum absolute atomic E-state index is 12.9.